The van der Waals surface area contributed by atoms with Crippen LogP contribution in [-0.2, 0) is 19.6 Å². The van der Waals surface area contributed by atoms with Gasteiger partial charge in [0.2, 0.25) is 15.9 Å². The summed E-state index contributed by atoms with van der Waals surface area (Å²) in [4.78, 5) is 21.6. The van der Waals surface area contributed by atoms with E-state index in [2.05, 4.69) is 31.9 Å². The van der Waals surface area contributed by atoms with Crippen LogP contribution >= 0.6 is 43.2 Å². The van der Waals surface area contributed by atoms with Gasteiger partial charge in [-0.1, -0.05) is 0 Å². The smallest absolute Gasteiger partial charge is 0.321 e. The fourth-order valence-electron chi connectivity index (χ4n) is 1.28. The van der Waals surface area contributed by atoms with Crippen molar-refractivity contribution in [1.82, 2.24) is 4.72 Å². The number of amides is 1. The molecule has 0 saturated heterocycles. The largest absolute Gasteiger partial charge is 0.480 e. The zero-order valence-electron chi connectivity index (χ0n) is 9.80. The van der Waals surface area contributed by atoms with Crippen LogP contribution in [0.15, 0.2) is 18.5 Å². The lowest BCUT2D eigenvalue weighted by atomic mass is 10.2. The molecule has 112 valence electrons. The summed E-state index contributed by atoms with van der Waals surface area (Å²) < 4.78 is 27.1. The first-order chi connectivity index (χ1) is 9.13. The van der Waals surface area contributed by atoms with Crippen molar-refractivity contribution in [2.75, 3.05) is 0 Å². The molecular weight excluding hydrogens is 440 g/mol. The third-order valence-corrected chi connectivity index (χ3v) is 6.42. The summed E-state index contributed by atoms with van der Waals surface area (Å²) in [5.74, 6) is -2.07. The molecule has 7 nitrogen and oxygen atoms in total. The Morgan fingerprint density at radius 2 is 2.05 bits per heavy atom. The van der Waals surface area contributed by atoms with E-state index in [1.165, 1.54) is 6.07 Å². The number of carboxylic acids is 1. The highest BCUT2D eigenvalue weighted by molar-refractivity contribution is 9.12. The van der Waals surface area contributed by atoms with E-state index >= 15 is 0 Å². The van der Waals surface area contributed by atoms with Crippen LogP contribution in [0, 0.1) is 0 Å². The van der Waals surface area contributed by atoms with Gasteiger partial charge >= 0.3 is 5.97 Å². The highest BCUT2D eigenvalue weighted by Crippen LogP contribution is 2.34. The highest BCUT2D eigenvalue weighted by Gasteiger charge is 2.28. The fourth-order valence-corrected chi connectivity index (χ4v) is 6.31. The van der Waals surface area contributed by atoms with Crippen molar-refractivity contribution in [1.29, 1.82) is 0 Å². The Bertz CT molecular complexity index is 628. The van der Waals surface area contributed by atoms with Crippen molar-refractivity contribution in [3.05, 3.63) is 13.6 Å². The molecule has 0 aliphatic heterocycles. The van der Waals surface area contributed by atoms with Crippen molar-refractivity contribution >= 4 is 65.1 Å². The number of aliphatic carboxylic acids is 1. The van der Waals surface area contributed by atoms with E-state index in [4.69, 9.17) is 10.8 Å². The van der Waals surface area contributed by atoms with Crippen LogP contribution in [0.2, 0.25) is 0 Å². The van der Waals surface area contributed by atoms with Gasteiger partial charge in [0.25, 0.3) is 0 Å². The van der Waals surface area contributed by atoms with Crippen molar-refractivity contribution in [2.45, 2.75) is 23.8 Å². The van der Waals surface area contributed by atoms with Crippen molar-refractivity contribution in [3.8, 4) is 0 Å². The molecule has 1 amide bonds. The standard InChI is InChI=1S/C9H10Br2N2O5S2/c10-6-3-5(8(11)19-6)20(17,18)13-4(9(15)16)1-2-7(12)14/h3-4,13H,1-2H2,(H2,12,14)(H,15,16)/t4-/m0/s1. The number of nitrogens with one attached hydrogen (secondary N) is 1. The fraction of sp³-hybridized carbons (Fsp3) is 0.333. The quantitative estimate of drug-likeness (QED) is 0.577. The maximum atomic E-state index is 12.1. The summed E-state index contributed by atoms with van der Waals surface area (Å²) in [5, 5.41) is 8.97. The first-order valence-corrected chi connectivity index (χ1v) is 9.00. The summed E-state index contributed by atoms with van der Waals surface area (Å²) in [7, 11) is -4.01. The molecule has 1 rings (SSSR count). The van der Waals surface area contributed by atoms with Gasteiger partial charge in [-0.15, -0.1) is 11.3 Å². The van der Waals surface area contributed by atoms with Gasteiger partial charge in [-0.25, -0.2) is 8.42 Å². The van der Waals surface area contributed by atoms with E-state index in [1.54, 1.807) is 0 Å². The van der Waals surface area contributed by atoms with Gasteiger partial charge < -0.3 is 10.8 Å². The minimum Gasteiger partial charge on any atom is -0.480 e. The monoisotopic (exact) mass is 448 g/mol. The second kappa shape index (κ2) is 6.98. The predicted octanol–water partition coefficient (Wildman–Crippen LogP) is 1.27. The topological polar surface area (TPSA) is 127 Å². The average molecular weight is 450 g/mol. The molecule has 0 radical (unpaired) electrons. The molecule has 0 saturated carbocycles. The maximum Gasteiger partial charge on any atom is 0.321 e. The van der Waals surface area contributed by atoms with Gasteiger partial charge in [0, 0.05) is 6.42 Å². The van der Waals surface area contributed by atoms with Gasteiger partial charge in [0.15, 0.2) is 0 Å². The van der Waals surface area contributed by atoms with Crippen LogP contribution in [0.5, 0.6) is 0 Å². The zero-order chi connectivity index (χ0) is 15.5. The number of carboxylic acid groups (broad SMARTS) is 1. The maximum absolute atomic E-state index is 12.1. The number of primary amides is 1. The molecule has 0 aliphatic rings. The molecule has 1 atom stereocenters. The number of carbonyl (C=O) groups excluding carboxylic acids is 1. The van der Waals surface area contributed by atoms with Gasteiger partial charge in [-0.3, -0.25) is 9.59 Å². The van der Waals surface area contributed by atoms with Crippen LogP contribution < -0.4 is 10.5 Å². The van der Waals surface area contributed by atoms with Crippen LogP contribution in [0.1, 0.15) is 12.8 Å². The number of nitrogens with two attached hydrogens (primary N) is 1. The lowest BCUT2D eigenvalue weighted by molar-refractivity contribution is -0.139. The number of hydrogen-bond donors (Lipinski definition) is 3. The van der Waals surface area contributed by atoms with E-state index in [1.807, 2.05) is 4.72 Å². The summed E-state index contributed by atoms with van der Waals surface area (Å²) >= 11 is 7.37. The number of carbonyl (C=O) groups is 2. The van der Waals surface area contributed by atoms with Gasteiger partial charge in [-0.05, 0) is 44.3 Å². The Morgan fingerprint density at radius 1 is 1.45 bits per heavy atom. The Balaban J connectivity index is 2.94. The molecule has 0 fully saturated rings. The number of halogens is 2. The number of hydrogen-bond acceptors (Lipinski definition) is 5. The molecule has 0 spiro atoms. The van der Waals surface area contributed by atoms with E-state index in [9.17, 15) is 18.0 Å². The predicted molar refractivity (Wildman–Crippen MR) is 79.9 cm³/mol. The zero-order valence-corrected chi connectivity index (χ0v) is 14.6. The Labute approximate surface area is 135 Å². The lowest BCUT2D eigenvalue weighted by Gasteiger charge is -2.13. The molecule has 11 heteroatoms. The van der Waals surface area contributed by atoms with Crippen molar-refractivity contribution in [3.63, 3.8) is 0 Å². The van der Waals surface area contributed by atoms with Crippen LogP contribution in [-0.4, -0.2) is 31.4 Å². The van der Waals surface area contributed by atoms with E-state index < -0.39 is 27.9 Å². The third kappa shape index (κ3) is 4.81. The Hall–Kier alpha value is -0.490. The first-order valence-electron chi connectivity index (χ1n) is 5.11. The molecule has 0 bridgehead atoms. The van der Waals surface area contributed by atoms with Crippen LogP contribution in [0.25, 0.3) is 0 Å². The highest BCUT2D eigenvalue weighted by atomic mass is 79.9. The first kappa shape index (κ1) is 17.6. The molecule has 1 heterocycles. The lowest BCUT2D eigenvalue weighted by Crippen LogP contribution is -2.41. The summed E-state index contributed by atoms with van der Waals surface area (Å²) in [6.45, 7) is 0. The minimum absolute atomic E-state index is 0.0697. The summed E-state index contributed by atoms with van der Waals surface area (Å²) in [6.07, 6.45) is -0.444. The molecule has 1 aromatic heterocycles. The van der Waals surface area contributed by atoms with Gasteiger partial charge in [0.05, 0.1) is 7.57 Å². The number of thiophene rings is 1. The van der Waals surface area contributed by atoms with Crippen LogP contribution in [0.3, 0.4) is 0 Å². The minimum atomic E-state index is -4.01. The Morgan fingerprint density at radius 3 is 2.45 bits per heavy atom. The second-order valence-corrected chi connectivity index (χ2v) is 9.14. The molecule has 20 heavy (non-hydrogen) atoms. The molecular formula is C9H10Br2N2O5S2. The number of rotatable bonds is 7. The SMILES string of the molecule is NC(=O)CC[C@H](NS(=O)(=O)c1cc(Br)sc1Br)C(=O)O. The average Bonchev–Trinajstić information content (AvgIpc) is 2.64. The molecule has 0 aliphatic carbocycles. The molecule has 1 aromatic rings. The summed E-state index contributed by atoms with van der Waals surface area (Å²) in [6, 6.07) is -0.0672. The second-order valence-electron chi connectivity index (χ2n) is 3.71. The number of sulfonamides is 1. The Kier molecular flexibility index (Phi) is 6.13. The summed E-state index contributed by atoms with van der Waals surface area (Å²) in [5.41, 5.74) is 4.92. The van der Waals surface area contributed by atoms with E-state index in [-0.39, 0.29) is 17.7 Å². The van der Waals surface area contributed by atoms with Gasteiger partial charge in [-0.2, -0.15) is 4.72 Å². The molecule has 0 unspecified atom stereocenters. The van der Waals surface area contributed by atoms with E-state index in [0.717, 1.165) is 11.3 Å². The van der Waals surface area contributed by atoms with Crippen LogP contribution in [0.4, 0.5) is 0 Å². The molecule has 4 N–H and O–H groups in total. The normalized spacial score (nSPS) is 13.1. The van der Waals surface area contributed by atoms with E-state index in [0.29, 0.717) is 7.57 Å². The van der Waals surface area contributed by atoms with Crippen molar-refractivity contribution < 1.29 is 23.1 Å². The van der Waals surface area contributed by atoms with Gasteiger partial charge in [0.1, 0.15) is 10.9 Å². The molecule has 0 aromatic carbocycles. The van der Waals surface area contributed by atoms with Crippen molar-refractivity contribution in [2.24, 2.45) is 5.73 Å². The third-order valence-electron chi connectivity index (χ3n) is 2.19.